The van der Waals surface area contributed by atoms with Crippen molar-refractivity contribution in [1.29, 1.82) is 0 Å². The van der Waals surface area contributed by atoms with Crippen LogP contribution in [0, 0.1) is 12.7 Å². The summed E-state index contributed by atoms with van der Waals surface area (Å²) in [6.45, 7) is 1.72. The normalized spacial score (nSPS) is 18.0. The van der Waals surface area contributed by atoms with Crippen molar-refractivity contribution >= 4 is 35.1 Å². The Morgan fingerprint density at radius 1 is 1.23 bits per heavy atom. The zero-order chi connectivity index (χ0) is 15.7. The Morgan fingerprint density at radius 3 is 2.59 bits per heavy atom. The third-order valence-corrected chi connectivity index (χ3v) is 5.66. The number of anilines is 1. The molecule has 0 bridgehead atoms. The van der Waals surface area contributed by atoms with Gasteiger partial charge in [-0.1, -0.05) is 18.2 Å². The fourth-order valence-electron chi connectivity index (χ4n) is 2.45. The molecule has 0 aliphatic carbocycles. The lowest BCUT2D eigenvalue weighted by molar-refractivity contribution is -0.115. The third kappa shape index (κ3) is 2.88. The maximum atomic E-state index is 13.8. The second kappa shape index (κ2) is 6.34. The first-order chi connectivity index (χ1) is 10.6. The second-order valence-electron chi connectivity index (χ2n) is 5.13. The molecule has 1 saturated heterocycles. The van der Waals surface area contributed by atoms with Gasteiger partial charge in [0.25, 0.3) is 0 Å². The summed E-state index contributed by atoms with van der Waals surface area (Å²) in [6, 6.07) is 13.2. The topological polar surface area (TPSA) is 20.3 Å². The molecule has 2 aromatic carbocycles. The number of carbonyl (C=O) groups excluding carboxylic acids is 1. The first-order valence-electron chi connectivity index (χ1n) is 6.94. The van der Waals surface area contributed by atoms with Gasteiger partial charge in [0.15, 0.2) is 0 Å². The molecule has 1 fully saturated rings. The van der Waals surface area contributed by atoms with Crippen LogP contribution in [0.15, 0.2) is 47.4 Å². The van der Waals surface area contributed by atoms with Crippen LogP contribution in [0.1, 0.15) is 16.5 Å². The molecule has 1 aliphatic rings. The van der Waals surface area contributed by atoms with Crippen LogP contribution < -0.4 is 4.90 Å². The number of aryl methyl sites for hydroxylation is 1. The predicted molar refractivity (Wildman–Crippen MR) is 92.0 cm³/mol. The third-order valence-electron chi connectivity index (χ3n) is 3.70. The van der Waals surface area contributed by atoms with Crippen LogP contribution in [0.2, 0.25) is 0 Å². The monoisotopic (exact) mass is 333 g/mol. The molecule has 0 spiro atoms. The number of thioether (sulfide) groups is 2. The Balaban J connectivity index is 1.96. The van der Waals surface area contributed by atoms with E-state index in [0.717, 1.165) is 5.56 Å². The van der Waals surface area contributed by atoms with Crippen molar-refractivity contribution < 1.29 is 9.18 Å². The highest BCUT2D eigenvalue weighted by Crippen LogP contribution is 2.42. The maximum Gasteiger partial charge on any atom is 0.238 e. The lowest BCUT2D eigenvalue weighted by Crippen LogP contribution is -2.27. The number of hydrogen-bond donors (Lipinski definition) is 0. The lowest BCUT2D eigenvalue weighted by atomic mass is 10.1. The highest BCUT2D eigenvalue weighted by atomic mass is 32.2. The summed E-state index contributed by atoms with van der Waals surface area (Å²) in [5.41, 5.74) is 2.27. The first-order valence-corrected chi connectivity index (χ1v) is 9.21. The standard InChI is InChI=1S/C17H16FNOS2/c1-11-3-6-13(9-15(11)18)19-16(20)10-22-17(19)12-4-7-14(21-2)8-5-12/h3-9,17H,10H2,1-2H3. The van der Waals surface area contributed by atoms with Crippen molar-refractivity contribution in [3.8, 4) is 0 Å². The molecule has 0 radical (unpaired) electrons. The average molecular weight is 333 g/mol. The van der Waals surface area contributed by atoms with Crippen LogP contribution in [-0.4, -0.2) is 17.9 Å². The van der Waals surface area contributed by atoms with E-state index in [1.165, 1.54) is 11.0 Å². The van der Waals surface area contributed by atoms with Gasteiger partial charge in [-0.25, -0.2) is 4.39 Å². The number of rotatable bonds is 3. The quantitative estimate of drug-likeness (QED) is 0.764. The van der Waals surface area contributed by atoms with E-state index in [1.54, 1.807) is 41.4 Å². The molecule has 2 aromatic rings. The van der Waals surface area contributed by atoms with Crippen molar-refractivity contribution in [2.75, 3.05) is 16.9 Å². The number of carbonyl (C=O) groups is 1. The van der Waals surface area contributed by atoms with E-state index in [9.17, 15) is 9.18 Å². The summed E-state index contributed by atoms with van der Waals surface area (Å²) in [5, 5.41) is -0.0921. The highest BCUT2D eigenvalue weighted by Gasteiger charge is 2.34. The zero-order valence-corrected chi connectivity index (χ0v) is 14.0. The van der Waals surface area contributed by atoms with Crippen LogP contribution in [0.25, 0.3) is 0 Å². The van der Waals surface area contributed by atoms with Gasteiger partial charge in [0.05, 0.1) is 5.75 Å². The zero-order valence-electron chi connectivity index (χ0n) is 12.4. The molecule has 0 saturated carbocycles. The lowest BCUT2D eigenvalue weighted by Gasteiger charge is -2.24. The van der Waals surface area contributed by atoms with Crippen LogP contribution in [-0.2, 0) is 4.79 Å². The van der Waals surface area contributed by atoms with Crippen LogP contribution in [0.5, 0.6) is 0 Å². The summed E-state index contributed by atoms with van der Waals surface area (Å²) in [4.78, 5) is 15.1. The van der Waals surface area contributed by atoms with Gasteiger partial charge in [-0.15, -0.1) is 23.5 Å². The molecular weight excluding hydrogens is 317 g/mol. The van der Waals surface area contributed by atoms with Crippen LogP contribution in [0.4, 0.5) is 10.1 Å². The Bertz CT molecular complexity index is 702. The second-order valence-corrected chi connectivity index (χ2v) is 7.08. The highest BCUT2D eigenvalue weighted by molar-refractivity contribution is 8.00. The van der Waals surface area contributed by atoms with Crippen molar-refractivity contribution in [2.24, 2.45) is 0 Å². The fourth-order valence-corrected chi connectivity index (χ4v) is 4.04. The van der Waals surface area contributed by atoms with Gasteiger partial charge in [-0.3, -0.25) is 9.69 Å². The summed E-state index contributed by atoms with van der Waals surface area (Å²) in [7, 11) is 0. The summed E-state index contributed by atoms with van der Waals surface area (Å²) in [5.74, 6) is 0.163. The molecule has 2 nitrogen and oxygen atoms in total. The van der Waals surface area contributed by atoms with Gasteiger partial charge in [0, 0.05) is 10.6 Å². The molecule has 1 amide bonds. The SMILES string of the molecule is CSc1ccc(C2SCC(=O)N2c2ccc(C)c(F)c2)cc1. The predicted octanol–water partition coefficient (Wildman–Crippen LogP) is 4.63. The minimum absolute atomic E-state index is 0.0206. The van der Waals surface area contributed by atoms with Gasteiger partial charge in [-0.05, 0) is 48.6 Å². The molecule has 114 valence electrons. The maximum absolute atomic E-state index is 13.8. The van der Waals surface area contributed by atoms with Crippen molar-refractivity contribution in [3.05, 3.63) is 59.4 Å². The molecule has 1 unspecified atom stereocenters. The summed E-state index contributed by atoms with van der Waals surface area (Å²) < 4.78 is 13.8. The molecule has 1 atom stereocenters. The molecule has 5 heteroatoms. The van der Waals surface area contributed by atoms with E-state index in [2.05, 4.69) is 12.1 Å². The van der Waals surface area contributed by atoms with E-state index >= 15 is 0 Å². The molecule has 0 aromatic heterocycles. The van der Waals surface area contributed by atoms with Crippen LogP contribution in [0.3, 0.4) is 0 Å². The van der Waals surface area contributed by atoms with Crippen LogP contribution >= 0.6 is 23.5 Å². The summed E-state index contributed by atoms with van der Waals surface area (Å²) in [6.07, 6.45) is 2.03. The van der Waals surface area contributed by atoms with E-state index in [1.807, 2.05) is 24.5 Å². The smallest absolute Gasteiger partial charge is 0.238 e. The Kier molecular flexibility index (Phi) is 4.45. The van der Waals surface area contributed by atoms with E-state index in [-0.39, 0.29) is 17.1 Å². The number of nitrogens with zero attached hydrogens (tertiary/aromatic N) is 1. The van der Waals surface area contributed by atoms with Crippen molar-refractivity contribution in [2.45, 2.75) is 17.2 Å². The van der Waals surface area contributed by atoms with Gasteiger partial charge >= 0.3 is 0 Å². The number of benzene rings is 2. The minimum Gasteiger partial charge on any atom is -0.295 e. The van der Waals surface area contributed by atoms with Gasteiger partial charge in [-0.2, -0.15) is 0 Å². The van der Waals surface area contributed by atoms with E-state index in [0.29, 0.717) is 17.0 Å². The van der Waals surface area contributed by atoms with E-state index in [4.69, 9.17) is 0 Å². The van der Waals surface area contributed by atoms with Crippen molar-refractivity contribution in [1.82, 2.24) is 0 Å². The molecule has 1 aliphatic heterocycles. The van der Waals surface area contributed by atoms with Crippen molar-refractivity contribution in [3.63, 3.8) is 0 Å². The molecule has 0 N–H and O–H groups in total. The first kappa shape index (κ1) is 15.4. The molecule has 3 rings (SSSR count). The van der Waals surface area contributed by atoms with Gasteiger partial charge in [0.2, 0.25) is 5.91 Å². The molecule has 1 heterocycles. The number of hydrogen-bond acceptors (Lipinski definition) is 3. The number of halogens is 1. The molecule has 22 heavy (non-hydrogen) atoms. The number of amides is 1. The Labute approximate surface area is 138 Å². The average Bonchev–Trinajstić information content (AvgIpc) is 2.92. The fraction of sp³-hybridized carbons (Fsp3) is 0.235. The van der Waals surface area contributed by atoms with Gasteiger partial charge < -0.3 is 0 Å². The van der Waals surface area contributed by atoms with E-state index < -0.39 is 0 Å². The Hall–Kier alpha value is -1.46. The Morgan fingerprint density at radius 2 is 1.95 bits per heavy atom. The minimum atomic E-state index is -0.279. The van der Waals surface area contributed by atoms with Gasteiger partial charge in [0.1, 0.15) is 11.2 Å². The summed E-state index contributed by atoms with van der Waals surface area (Å²) >= 11 is 3.26. The largest absolute Gasteiger partial charge is 0.295 e. The molecular formula is C17H16FNOS2.